The van der Waals surface area contributed by atoms with Crippen molar-refractivity contribution in [3.63, 3.8) is 0 Å². The van der Waals surface area contributed by atoms with Gasteiger partial charge in [-0.25, -0.2) is 9.59 Å². The van der Waals surface area contributed by atoms with Crippen LogP contribution in [0.2, 0.25) is 5.02 Å². The van der Waals surface area contributed by atoms with Gasteiger partial charge in [-0.3, -0.25) is 9.78 Å². The predicted octanol–water partition coefficient (Wildman–Crippen LogP) is 5.75. The van der Waals surface area contributed by atoms with Crippen LogP contribution in [0, 0.1) is 0 Å². The number of halogens is 4. The van der Waals surface area contributed by atoms with E-state index >= 15 is 0 Å². The number of likely N-dealkylation sites (tertiary alicyclic amines) is 1. The zero-order valence-electron chi connectivity index (χ0n) is 27.6. The fraction of sp³-hybridized carbons (Fsp3) is 0.429. The van der Waals surface area contributed by atoms with Gasteiger partial charge >= 0.3 is 18.3 Å². The quantitative estimate of drug-likeness (QED) is 0.321. The Hall–Kier alpha value is -4.72. The lowest BCUT2D eigenvalue weighted by molar-refractivity contribution is -0.141. The molecule has 1 aromatic heterocycles. The molecule has 2 aromatic carbocycles. The van der Waals surface area contributed by atoms with E-state index in [1.54, 1.807) is 22.2 Å². The molecular formula is C35H39ClF3N7O4. The van der Waals surface area contributed by atoms with Crippen molar-refractivity contribution < 1.29 is 32.3 Å². The Kier molecular flexibility index (Phi) is 10.6. The van der Waals surface area contributed by atoms with Crippen LogP contribution in [-0.4, -0.2) is 103 Å². The Bertz CT molecular complexity index is 1700. The standard InChI is InChI=1S/C35H39ClF3N7O4/c1-40-31-27(35(37,38)39)20-23(21-28(31)36)22-30(32(47)44-18-16-43(17-19-44)25-6-11-41-12-7-25)50-34(49)45-13-9-26(10-14-45)46-15-8-24-4-2-3-5-29(24)42-33(46)48/h2-7,11-12,20-21,26,30,40H,8-10,13-19,22H2,1H3,(H,42,48). The number of rotatable bonds is 7. The van der Waals surface area contributed by atoms with E-state index in [0.29, 0.717) is 52.0 Å². The normalized spacial score (nSPS) is 17.8. The van der Waals surface area contributed by atoms with Crippen LogP contribution in [0.15, 0.2) is 60.9 Å². The van der Waals surface area contributed by atoms with E-state index in [0.717, 1.165) is 23.0 Å². The predicted molar refractivity (Wildman–Crippen MR) is 183 cm³/mol. The molecule has 0 bridgehead atoms. The Balaban J connectivity index is 1.15. The van der Waals surface area contributed by atoms with E-state index in [1.165, 1.54) is 18.0 Å². The topological polar surface area (TPSA) is 110 Å². The number of carbonyl (C=O) groups excluding carboxylic acids is 3. The van der Waals surface area contributed by atoms with Crippen LogP contribution in [0.1, 0.15) is 29.5 Å². The van der Waals surface area contributed by atoms with Gasteiger partial charge < -0.3 is 35.0 Å². The number of piperidine rings is 1. The monoisotopic (exact) mass is 713 g/mol. The lowest BCUT2D eigenvalue weighted by atomic mass is 10.0. The Morgan fingerprint density at radius 2 is 1.70 bits per heavy atom. The fourth-order valence-corrected chi connectivity index (χ4v) is 7.23. The second-order valence-electron chi connectivity index (χ2n) is 12.6. The van der Waals surface area contributed by atoms with Crippen molar-refractivity contribution in [1.82, 2.24) is 19.7 Å². The number of aromatic nitrogens is 1. The molecule has 3 aliphatic rings. The lowest BCUT2D eigenvalue weighted by Crippen LogP contribution is -2.54. The number of nitrogens with zero attached hydrogens (tertiary/aromatic N) is 5. The first-order valence-electron chi connectivity index (χ1n) is 16.6. The molecule has 2 fully saturated rings. The highest BCUT2D eigenvalue weighted by Gasteiger charge is 2.38. The summed E-state index contributed by atoms with van der Waals surface area (Å²) >= 11 is 6.26. The van der Waals surface area contributed by atoms with Crippen molar-refractivity contribution in [3.05, 3.63) is 82.6 Å². The summed E-state index contributed by atoms with van der Waals surface area (Å²) in [4.78, 5) is 51.6. The number of fused-ring (bicyclic) bond motifs is 1. The minimum Gasteiger partial charge on any atom is -0.436 e. The molecular weight excluding hydrogens is 675 g/mol. The number of anilines is 3. The molecule has 2 N–H and O–H groups in total. The molecule has 3 aliphatic heterocycles. The Morgan fingerprint density at radius 3 is 2.38 bits per heavy atom. The molecule has 0 radical (unpaired) electrons. The highest BCUT2D eigenvalue weighted by Crippen LogP contribution is 2.40. The summed E-state index contributed by atoms with van der Waals surface area (Å²) in [7, 11) is 1.34. The van der Waals surface area contributed by atoms with Crippen LogP contribution in [0.4, 0.5) is 39.8 Å². The first-order chi connectivity index (χ1) is 24.0. The highest BCUT2D eigenvalue weighted by molar-refractivity contribution is 6.33. The molecule has 4 heterocycles. The van der Waals surface area contributed by atoms with Crippen LogP contribution in [0.5, 0.6) is 0 Å². The molecule has 15 heteroatoms. The second kappa shape index (κ2) is 15.0. The third kappa shape index (κ3) is 7.85. The van der Waals surface area contributed by atoms with Gasteiger partial charge in [0.2, 0.25) is 0 Å². The first kappa shape index (κ1) is 35.1. The maximum Gasteiger partial charge on any atom is 0.418 e. The van der Waals surface area contributed by atoms with Gasteiger partial charge in [0.05, 0.1) is 16.3 Å². The smallest absolute Gasteiger partial charge is 0.418 e. The van der Waals surface area contributed by atoms with E-state index < -0.39 is 29.8 Å². The third-order valence-corrected chi connectivity index (χ3v) is 9.87. The van der Waals surface area contributed by atoms with Crippen molar-refractivity contribution in [2.45, 2.75) is 44.0 Å². The van der Waals surface area contributed by atoms with Gasteiger partial charge in [-0.15, -0.1) is 0 Å². The maximum absolute atomic E-state index is 14.0. The first-order valence-corrected chi connectivity index (χ1v) is 17.0. The van der Waals surface area contributed by atoms with Crippen molar-refractivity contribution in [3.8, 4) is 0 Å². The largest absolute Gasteiger partial charge is 0.436 e. The maximum atomic E-state index is 14.0. The summed E-state index contributed by atoms with van der Waals surface area (Å²) in [6.07, 6.45) is -2.05. The number of urea groups is 1. The van der Waals surface area contributed by atoms with Crippen LogP contribution < -0.4 is 15.5 Å². The number of nitrogens with one attached hydrogen (secondary N) is 2. The minimum absolute atomic E-state index is 0.101. The van der Waals surface area contributed by atoms with Crippen LogP contribution in [-0.2, 0) is 28.5 Å². The molecule has 2 saturated heterocycles. The molecule has 0 aliphatic carbocycles. The van der Waals surface area contributed by atoms with Gasteiger partial charge in [0.15, 0.2) is 6.10 Å². The number of hydrogen-bond acceptors (Lipinski definition) is 7. The number of amides is 4. The lowest BCUT2D eigenvalue weighted by Gasteiger charge is -2.39. The van der Waals surface area contributed by atoms with Gasteiger partial charge in [-0.2, -0.15) is 13.2 Å². The van der Waals surface area contributed by atoms with Crippen LogP contribution >= 0.6 is 11.6 Å². The number of pyridine rings is 1. The molecule has 1 atom stereocenters. The molecule has 11 nitrogen and oxygen atoms in total. The summed E-state index contributed by atoms with van der Waals surface area (Å²) in [6.45, 7) is 2.79. The summed E-state index contributed by atoms with van der Waals surface area (Å²) < 4.78 is 47.8. The number of ether oxygens (including phenoxy) is 1. The molecule has 0 spiro atoms. The van der Waals surface area contributed by atoms with Crippen molar-refractivity contribution in [1.29, 1.82) is 0 Å². The van der Waals surface area contributed by atoms with Crippen molar-refractivity contribution in [2.75, 3.05) is 68.4 Å². The number of carbonyl (C=O) groups is 3. The minimum atomic E-state index is -4.71. The van der Waals surface area contributed by atoms with Gasteiger partial charge in [-0.05, 0) is 60.7 Å². The van der Waals surface area contributed by atoms with Crippen molar-refractivity contribution >= 4 is 46.7 Å². The molecule has 4 amide bonds. The number of hydrogen-bond donors (Lipinski definition) is 2. The van der Waals surface area contributed by atoms with Crippen LogP contribution in [0.3, 0.4) is 0 Å². The molecule has 3 aromatic rings. The molecule has 0 saturated carbocycles. The fourth-order valence-electron chi connectivity index (χ4n) is 6.89. The molecule has 1 unspecified atom stereocenters. The van der Waals surface area contributed by atoms with Gasteiger partial charge in [0.25, 0.3) is 5.91 Å². The highest BCUT2D eigenvalue weighted by atomic mass is 35.5. The SMILES string of the molecule is CNc1c(Cl)cc(CC(OC(=O)N2CCC(N3CCc4ccccc4NC3=O)CC2)C(=O)N2CCN(c3ccncc3)CC2)cc1C(F)(F)F. The Morgan fingerprint density at radius 1 is 1.00 bits per heavy atom. The number of piperazine rings is 1. The Labute approximate surface area is 293 Å². The number of benzene rings is 2. The molecule has 50 heavy (non-hydrogen) atoms. The molecule has 266 valence electrons. The zero-order chi connectivity index (χ0) is 35.4. The van der Waals surface area contributed by atoms with E-state index in [1.807, 2.05) is 36.4 Å². The number of alkyl halides is 3. The van der Waals surface area contributed by atoms with Crippen LogP contribution in [0.25, 0.3) is 0 Å². The average Bonchev–Trinajstić information content (AvgIpc) is 3.29. The van der Waals surface area contributed by atoms with Gasteiger partial charge in [0.1, 0.15) is 0 Å². The van der Waals surface area contributed by atoms with Crippen molar-refractivity contribution in [2.24, 2.45) is 0 Å². The zero-order valence-corrected chi connectivity index (χ0v) is 28.3. The van der Waals surface area contributed by atoms with E-state index in [4.69, 9.17) is 16.3 Å². The summed E-state index contributed by atoms with van der Waals surface area (Å²) in [5.74, 6) is -0.495. The van der Waals surface area contributed by atoms with Gasteiger partial charge in [-0.1, -0.05) is 29.8 Å². The second-order valence-corrected chi connectivity index (χ2v) is 13.0. The van der Waals surface area contributed by atoms with E-state index in [-0.39, 0.29) is 47.9 Å². The summed E-state index contributed by atoms with van der Waals surface area (Å²) in [5, 5.41) is 5.32. The summed E-state index contributed by atoms with van der Waals surface area (Å²) in [5.41, 5.74) is 1.66. The van der Waals surface area contributed by atoms with Gasteiger partial charge in [0, 0.05) is 89.1 Å². The van der Waals surface area contributed by atoms with E-state index in [9.17, 15) is 27.6 Å². The third-order valence-electron chi connectivity index (χ3n) is 9.57. The van der Waals surface area contributed by atoms with E-state index in [2.05, 4.69) is 20.5 Å². The summed E-state index contributed by atoms with van der Waals surface area (Å²) in [6, 6.07) is 13.4. The average molecular weight is 714 g/mol. The number of para-hydroxylation sites is 1. The molecule has 6 rings (SSSR count).